The van der Waals surface area contributed by atoms with Crippen molar-refractivity contribution >= 4 is 5.91 Å². The van der Waals surface area contributed by atoms with Gasteiger partial charge in [0, 0.05) is 23.7 Å². The standard InChI is InChI=1S/C21H30N2O2/c1-7-23(14(2)3)13-18-8-10-19(11-9-18)21(24)22-16(5)20-12-15(4)25-17(20)6/h8-12,14,16H,7,13H2,1-6H3,(H,22,24). The van der Waals surface area contributed by atoms with Crippen LogP contribution < -0.4 is 5.32 Å². The van der Waals surface area contributed by atoms with Crippen LogP contribution in [0, 0.1) is 13.8 Å². The fraction of sp³-hybridized carbons (Fsp3) is 0.476. The molecule has 1 aromatic carbocycles. The number of hydrogen-bond donors (Lipinski definition) is 1. The largest absolute Gasteiger partial charge is 0.466 e. The Morgan fingerprint density at radius 1 is 1.16 bits per heavy atom. The molecular weight excluding hydrogens is 312 g/mol. The molecule has 0 bridgehead atoms. The maximum Gasteiger partial charge on any atom is 0.251 e. The summed E-state index contributed by atoms with van der Waals surface area (Å²) in [4.78, 5) is 14.9. The summed E-state index contributed by atoms with van der Waals surface area (Å²) >= 11 is 0. The first-order valence-corrected chi connectivity index (χ1v) is 9.02. The average molecular weight is 342 g/mol. The molecule has 1 aromatic heterocycles. The zero-order valence-corrected chi connectivity index (χ0v) is 16.2. The van der Waals surface area contributed by atoms with Gasteiger partial charge in [-0.15, -0.1) is 0 Å². The van der Waals surface area contributed by atoms with Crippen LogP contribution in [-0.4, -0.2) is 23.4 Å². The van der Waals surface area contributed by atoms with Gasteiger partial charge in [0.05, 0.1) is 6.04 Å². The third-order valence-corrected chi connectivity index (χ3v) is 4.63. The number of carbonyl (C=O) groups is 1. The van der Waals surface area contributed by atoms with Crippen LogP contribution in [0.3, 0.4) is 0 Å². The van der Waals surface area contributed by atoms with E-state index in [9.17, 15) is 4.79 Å². The van der Waals surface area contributed by atoms with Crippen molar-refractivity contribution in [2.45, 2.75) is 60.2 Å². The Morgan fingerprint density at radius 2 is 1.80 bits per heavy atom. The van der Waals surface area contributed by atoms with E-state index in [1.165, 1.54) is 5.56 Å². The van der Waals surface area contributed by atoms with Gasteiger partial charge in [0.2, 0.25) is 0 Å². The Labute approximate surface area is 151 Å². The first kappa shape index (κ1) is 19.3. The van der Waals surface area contributed by atoms with E-state index in [0.29, 0.717) is 11.6 Å². The Balaban J connectivity index is 2.01. The van der Waals surface area contributed by atoms with E-state index in [1.807, 2.05) is 51.1 Å². The lowest BCUT2D eigenvalue weighted by Crippen LogP contribution is -2.30. The van der Waals surface area contributed by atoms with Gasteiger partial charge in [-0.25, -0.2) is 0 Å². The molecule has 0 spiro atoms. The van der Waals surface area contributed by atoms with E-state index in [0.717, 1.165) is 30.2 Å². The van der Waals surface area contributed by atoms with Gasteiger partial charge in [-0.2, -0.15) is 0 Å². The van der Waals surface area contributed by atoms with Crippen LogP contribution in [0.25, 0.3) is 0 Å². The van der Waals surface area contributed by atoms with Crippen LogP contribution in [0.4, 0.5) is 0 Å². The smallest absolute Gasteiger partial charge is 0.251 e. The lowest BCUT2D eigenvalue weighted by molar-refractivity contribution is 0.0939. The van der Waals surface area contributed by atoms with Crippen LogP contribution >= 0.6 is 0 Å². The molecule has 0 radical (unpaired) electrons. The summed E-state index contributed by atoms with van der Waals surface area (Å²) in [7, 11) is 0. The molecule has 0 aliphatic heterocycles. The summed E-state index contributed by atoms with van der Waals surface area (Å²) in [6, 6.07) is 10.3. The number of rotatable bonds is 7. The van der Waals surface area contributed by atoms with E-state index in [-0.39, 0.29) is 11.9 Å². The van der Waals surface area contributed by atoms with Crippen molar-refractivity contribution in [3.8, 4) is 0 Å². The molecule has 0 aliphatic rings. The molecule has 2 rings (SSSR count). The van der Waals surface area contributed by atoms with Gasteiger partial charge in [0.1, 0.15) is 11.5 Å². The summed E-state index contributed by atoms with van der Waals surface area (Å²) in [6.45, 7) is 14.3. The first-order valence-electron chi connectivity index (χ1n) is 9.02. The number of amides is 1. The maximum atomic E-state index is 12.5. The van der Waals surface area contributed by atoms with E-state index in [4.69, 9.17) is 4.42 Å². The minimum absolute atomic E-state index is 0.0616. The Bertz CT molecular complexity index is 701. The molecule has 1 heterocycles. The van der Waals surface area contributed by atoms with Crippen molar-refractivity contribution in [3.05, 3.63) is 58.5 Å². The second kappa shape index (κ2) is 8.34. The number of carbonyl (C=O) groups excluding carboxylic acids is 1. The molecule has 1 unspecified atom stereocenters. The highest BCUT2D eigenvalue weighted by Crippen LogP contribution is 2.21. The second-order valence-corrected chi connectivity index (χ2v) is 6.92. The van der Waals surface area contributed by atoms with E-state index >= 15 is 0 Å². The Hall–Kier alpha value is -2.07. The minimum Gasteiger partial charge on any atom is -0.466 e. The van der Waals surface area contributed by atoms with Crippen LogP contribution in [0.1, 0.15) is 66.7 Å². The minimum atomic E-state index is -0.0823. The molecule has 0 fully saturated rings. The topological polar surface area (TPSA) is 45.5 Å². The Morgan fingerprint density at radius 3 is 2.28 bits per heavy atom. The summed E-state index contributed by atoms with van der Waals surface area (Å²) in [5.74, 6) is 1.66. The molecular formula is C21H30N2O2. The predicted molar refractivity (Wildman–Crippen MR) is 102 cm³/mol. The SMILES string of the molecule is CCN(Cc1ccc(C(=O)NC(C)c2cc(C)oc2C)cc1)C(C)C. The highest BCUT2D eigenvalue weighted by atomic mass is 16.3. The molecule has 4 heteroatoms. The zero-order chi connectivity index (χ0) is 18.6. The molecule has 1 atom stereocenters. The van der Waals surface area contributed by atoms with E-state index in [2.05, 4.69) is 31.0 Å². The lowest BCUT2D eigenvalue weighted by Gasteiger charge is -2.24. The number of nitrogens with zero attached hydrogens (tertiary/aromatic N) is 1. The van der Waals surface area contributed by atoms with Gasteiger partial charge in [0.25, 0.3) is 5.91 Å². The number of furan rings is 1. The summed E-state index contributed by atoms with van der Waals surface area (Å²) < 4.78 is 5.55. The highest BCUT2D eigenvalue weighted by Gasteiger charge is 2.16. The molecule has 0 saturated heterocycles. The van der Waals surface area contributed by atoms with Crippen LogP contribution in [0.15, 0.2) is 34.7 Å². The molecule has 4 nitrogen and oxygen atoms in total. The van der Waals surface area contributed by atoms with Gasteiger partial charge in [-0.1, -0.05) is 19.1 Å². The van der Waals surface area contributed by atoms with Crippen LogP contribution in [-0.2, 0) is 6.54 Å². The van der Waals surface area contributed by atoms with Crippen LogP contribution in [0.2, 0.25) is 0 Å². The van der Waals surface area contributed by atoms with Crippen LogP contribution in [0.5, 0.6) is 0 Å². The van der Waals surface area contributed by atoms with E-state index < -0.39 is 0 Å². The van der Waals surface area contributed by atoms with Crippen molar-refractivity contribution in [1.82, 2.24) is 10.2 Å². The summed E-state index contributed by atoms with van der Waals surface area (Å²) in [5, 5.41) is 3.05. The first-order chi connectivity index (χ1) is 11.8. The average Bonchev–Trinajstić information content (AvgIpc) is 2.91. The quantitative estimate of drug-likeness (QED) is 0.799. The summed E-state index contributed by atoms with van der Waals surface area (Å²) in [5.41, 5.74) is 2.93. The zero-order valence-electron chi connectivity index (χ0n) is 16.2. The van der Waals surface area contributed by atoms with Gasteiger partial charge < -0.3 is 9.73 Å². The fourth-order valence-corrected chi connectivity index (χ4v) is 3.09. The Kier molecular flexibility index (Phi) is 6.43. The predicted octanol–water partition coefficient (Wildman–Crippen LogP) is 4.62. The van der Waals surface area contributed by atoms with Gasteiger partial charge in [-0.3, -0.25) is 9.69 Å². The highest BCUT2D eigenvalue weighted by molar-refractivity contribution is 5.94. The third-order valence-electron chi connectivity index (χ3n) is 4.63. The number of hydrogen-bond acceptors (Lipinski definition) is 3. The van der Waals surface area contributed by atoms with Crippen molar-refractivity contribution in [1.29, 1.82) is 0 Å². The van der Waals surface area contributed by atoms with E-state index in [1.54, 1.807) is 0 Å². The normalized spacial score (nSPS) is 12.6. The van der Waals surface area contributed by atoms with Gasteiger partial charge >= 0.3 is 0 Å². The molecule has 1 N–H and O–H groups in total. The number of nitrogens with one attached hydrogen (secondary N) is 1. The maximum absolute atomic E-state index is 12.5. The molecule has 2 aromatic rings. The third kappa shape index (κ3) is 4.95. The lowest BCUT2D eigenvalue weighted by atomic mass is 10.1. The number of aryl methyl sites for hydroxylation is 2. The van der Waals surface area contributed by atoms with Crippen molar-refractivity contribution in [3.63, 3.8) is 0 Å². The molecule has 0 aliphatic carbocycles. The van der Waals surface area contributed by atoms with Gasteiger partial charge in [-0.05, 0) is 64.9 Å². The molecule has 0 saturated carbocycles. The monoisotopic (exact) mass is 342 g/mol. The fourth-order valence-electron chi connectivity index (χ4n) is 3.09. The summed E-state index contributed by atoms with van der Waals surface area (Å²) in [6.07, 6.45) is 0. The van der Waals surface area contributed by atoms with Gasteiger partial charge in [0.15, 0.2) is 0 Å². The van der Waals surface area contributed by atoms with Crippen molar-refractivity contribution in [2.24, 2.45) is 0 Å². The second-order valence-electron chi connectivity index (χ2n) is 6.92. The van der Waals surface area contributed by atoms with Crippen molar-refractivity contribution in [2.75, 3.05) is 6.54 Å². The van der Waals surface area contributed by atoms with Crippen molar-refractivity contribution < 1.29 is 9.21 Å². The molecule has 25 heavy (non-hydrogen) atoms. The molecule has 1 amide bonds. The molecule has 136 valence electrons. The number of benzene rings is 1.